The number of hydrogen-bond acceptors (Lipinski definition) is 5. The molecular formula is C50H95NO5. The average molecular weight is 790 g/mol. The SMILES string of the molecule is CCCCCCCCCCC/C=C\C/C=C\CCCCCCCCCCC(O)C(=O)NC(CO)C(O)C(O)CCC/C=C/CCCCCCCCCCCCC. The number of carbonyl (C=O) groups excluding carboxylic acids is 1. The summed E-state index contributed by atoms with van der Waals surface area (Å²) in [6, 6.07) is -1.00. The molecule has 6 nitrogen and oxygen atoms in total. The van der Waals surface area contributed by atoms with Crippen molar-refractivity contribution >= 4 is 5.91 Å². The molecule has 6 heteroatoms. The molecule has 4 atom stereocenters. The van der Waals surface area contributed by atoms with Gasteiger partial charge in [-0.05, 0) is 70.6 Å². The van der Waals surface area contributed by atoms with Crippen molar-refractivity contribution in [2.24, 2.45) is 0 Å². The number of hydrogen-bond donors (Lipinski definition) is 5. The molecule has 56 heavy (non-hydrogen) atoms. The van der Waals surface area contributed by atoms with Crippen LogP contribution in [0.15, 0.2) is 36.5 Å². The van der Waals surface area contributed by atoms with E-state index in [-0.39, 0.29) is 0 Å². The molecule has 4 unspecified atom stereocenters. The third-order valence-corrected chi connectivity index (χ3v) is 11.3. The fourth-order valence-corrected chi connectivity index (χ4v) is 7.44. The molecule has 0 rings (SSSR count). The van der Waals surface area contributed by atoms with Gasteiger partial charge in [0.2, 0.25) is 5.91 Å². The lowest BCUT2D eigenvalue weighted by atomic mass is 10.00. The molecule has 0 aliphatic rings. The van der Waals surface area contributed by atoms with Gasteiger partial charge in [0.25, 0.3) is 0 Å². The van der Waals surface area contributed by atoms with Crippen LogP contribution in [-0.2, 0) is 4.79 Å². The number of rotatable bonds is 44. The largest absolute Gasteiger partial charge is 0.394 e. The Morgan fingerprint density at radius 2 is 0.786 bits per heavy atom. The van der Waals surface area contributed by atoms with Gasteiger partial charge in [-0.25, -0.2) is 0 Å². The lowest BCUT2D eigenvalue weighted by Crippen LogP contribution is -2.53. The molecule has 5 N–H and O–H groups in total. The van der Waals surface area contributed by atoms with Crippen molar-refractivity contribution in [1.82, 2.24) is 5.32 Å². The molecule has 0 aliphatic carbocycles. The van der Waals surface area contributed by atoms with E-state index in [1.54, 1.807) is 0 Å². The van der Waals surface area contributed by atoms with Gasteiger partial charge in [-0.2, -0.15) is 0 Å². The van der Waals surface area contributed by atoms with E-state index >= 15 is 0 Å². The summed E-state index contributed by atoms with van der Waals surface area (Å²) in [7, 11) is 0. The highest BCUT2D eigenvalue weighted by Gasteiger charge is 2.28. The Bertz CT molecular complexity index is 889. The molecule has 0 aromatic rings. The molecule has 0 spiro atoms. The van der Waals surface area contributed by atoms with Crippen molar-refractivity contribution in [3.8, 4) is 0 Å². The van der Waals surface area contributed by atoms with Gasteiger partial charge in [0, 0.05) is 0 Å². The van der Waals surface area contributed by atoms with E-state index in [4.69, 9.17) is 0 Å². The summed E-state index contributed by atoms with van der Waals surface area (Å²) in [5, 5.41) is 43.7. The van der Waals surface area contributed by atoms with Crippen molar-refractivity contribution in [3.63, 3.8) is 0 Å². The Hall–Kier alpha value is -1.47. The van der Waals surface area contributed by atoms with Crippen LogP contribution in [0, 0.1) is 0 Å². The molecular weight excluding hydrogens is 695 g/mol. The van der Waals surface area contributed by atoms with Crippen molar-refractivity contribution < 1.29 is 25.2 Å². The summed E-state index contributed by atoms with van der Waals surface area (Å²) >= 11 is 0. The van der Waals surface area contributed by atoms with E-state index in [9.17, 15) is 25.2 Å². The first-order valence-electron chi connectivity index (χ1n) is 24.4. The van der Waals surface area contributed by atoms with Crippen LogP contribution in [0.1, 0.15) is 245 Å². The maximum Gasteiger partial charge on any atom is 0.249 e. The number of allylic oxidation sites excluding steroid dienone is 6. The number of aliphatic hydroxyl groups is 4. The highest BCUT2D eigenvalue weighted by molar-refractivity contribution is 5.80. The molecule has 0 radical (unpaired) electrons. The van der Waals surface area contributed by atoms with Crippen molar-refractivity contribution in [2.45, 2.75) is 269 Å². The first-order valence-corrected chi connectivity index (χ1v) is 24.4. The van der Waals surface area contributed by atoms with Crippen LogP contribution in [-0.4, -0.2) is 57.3 Å². The van der Waals surface area contributed by atoms with Gasteiger partial charge in [-0.15, -0.1) is 0 Å². The van der Waals surface area contributed by atoms with Crippen LogP contribution in [0.25, 0.3) is 0 Å². The number of amides is 1. The van der Waals surface area contributed by atoms with Gasteiger partial charge in [0.15, 0.2) is 0 Å². The smallest absolute Gasteiger partial charge is 0.249 e. The third kappa shape index (κ3) is 38.1. The third-order valence-electron chi connectivity index (χ3n) is 11.3. The summed E-state index contributed by atoms with van der Waals surface area (Å²) in [4.78, 5) is 12.5. The Morgan fingerprint density at radius 1 is 0.446 bits per heavy atom. The topological polar surface area (TPSA) is 110 Å². The summed E-state index contributed by atoms with van der Waals surface area (Å²) < 4.78 is 0. The van der Waals surface area contributed by atoms with Gasteiger partial charge >= 0.3 is 0 Å². The van der Waals surface area contributed by atoms with Gasteiger partial charge < -0.3 is 25.7 Å². The molecule has 0 aliphatic heterocycles. The van der Waals surface area contributed by atoms with E-state index in [2.05, 4.69) is 55.6 Å². The second-order valence-corrected chi connectivity index (χ2v) is 16.8. The Morgan fingerprint density at radius 3 is 1.18 bits per heavy atom. The Balaban J connectivity index is 3.74. The summed E-state index contributed by atoms with van der Waals surface area (Å²) in [5.41, 5.74) is 0. The molecule has 0 heterocycles. The zero-order valence-electron chi connectivity index (χ0n) is 37.1. The van der Waals surface area contributed by atoms with Crippen molar-refractivity contribution in [3.05, 3.63) is 36.5 Å². The summed E-state index contributed by atoms with van der Waals surface area (Å²) in [5.74, 6) is -0.597. The Kier molecular flexibility index (Phi) is 43.5. The van der Waals surface area contributed by atoms with Crippen molar-refractivity contribution in [2.75, 3.05) is 6.61 Å². The van der Waals surface area contributed by atoms with Crippen LogP contribution >= 0.6 is 0 Å². The zero-order valence-corrected chi connectivity index (χ0v) is 37.1. The van der Waals surface area contributed by atoms with Gasteiger partial charge in [-0.1, -0.05) is 211 Å². The normalized spacial score (nSPS) is 14.3. The number of unbranched alkanes of at least 4 members (excludes halogenated alkanes) is 29. The lowest BCUT2D eigenvalue weighted by Gasteiger charge is -2.27. The zero-order chi connectivity index (χ0) is 41.0. The molecule has 0 fully saturated rings. The summed E-state index contributed by atoms with van der Waals surface area (Å²) in [6.07, 6.45) is 53.3. The first kappa shape index (κ1) is 54.5. The average Bonchev–Trinajstić information content (AvgIpc) is 3.20. The predicted molar refractivity (Wildman–Crippen MR) is 242 cm³/mol. The fraction of sp³-hybridized carbons (Fsp3) is 0.860. The highest BCUT2D eigenvalue weighted by atomic mass is 16.3. The molecule has 0 saturated carbocycles. The fourth-order valence-electron chi connectivity index (χ4n) is 7.44. The summed E-state index contributed by atoms with van der Waals surface area (Å²) in [6.45, 7) is 4.05. The van der Waals surface area contributed by atoms with Crippen LogP contribution in [0.4, 0.5) is 0 Å². The molecule has 0 aromatic carbocycles. The van der Waals surface area contributed by atoms with E-state index in [1.807, 2.05) is 0 Å². The first-order chi connectivity index (χ1) is 27.5. The van der Waals surface area contributed by atoms with E-state index in [0.717, 1.165) is 51.4 Å². The van der Waals surface area contributed by atoms with Gasteiger partial charge in [0.1, 0.15) is 12.2 Å². The van der Waals surface area contributed by atoms with Crippen molar-refractivity contribution in [1.29, 1.82) is 0 Å². The maximum atomic E-state index is 12.5. The minimum absolute atomic E-state index is 0.356. The lowest BCUT2D eigenvalue weighted by molar-refractivity contribution is -0.132. The predicted octanol–water partition coefficient (Wildman–Crippen LogP) is 13.3. The molecule has 0 bridgehead atoms. The van der Waals surface area contributed by atoms with Gasteiger partial charge in [0.05, 0.1) is 18.8 Å². The maximum absolute atomic E-state index is 12.5. The van der Waals surface area contributed by atoms with Crippen LogP contribution < -0.4 is 5.32 Å². The van der Waals surface area contributed by atoms with Crippen LogP contribution in [0.5, 0.6) is 0 Å². The van der Waals surface area contributed by atoms with E-state index < -0.39 is 36.9 Å². The second-order valence-electron chi connectivity index (χ2n) is 16.8. The monoisotopic (exact) mass is 790 g/mol. The quantitative estimate of drug-likeness (QED) is 0.0312. The number of aliphatic hydroxyl groups excluding tert-OH is 4. The molecule has 0 aromatic heterocycles. The number of carbonyl (C=O) groups is 1. The molecule has 330 valence electrons. The minimum atomic E-state index is -1.28. The Labute approximate surface area is 347 Å². The second kappa shape index (κ2) is 44.6. The molecule has 1 amide bonds. The van der Waals surface area contributed by atoms with Crippen LogP contribution in [0.3, 0.4) is 0 Å². The van der Waals surface area contributed by atoms with Gasteiger partial charge in [-0.3, -0.25) is 4.79 Å². The van der Waals surface area contributed by atoms with Crippen LogP contribution in [0.2, 0.25) is 0 Å². The number of nitrogens with one attached hydrogen (secondary N) is 1. The standard InChI is InChI=1S/C50H95NO5/c1-3-5-7-9-11-13-15-17-19-21-22-23-24-25-26-27-28-30-32-34-36-38-40-42-44-48(54)50(56)51-46(45-52)49(55)47(53)43-41-39-37-35-33-31-29-20-18-16-14-12-10-8-6-4-2/h22-23,25-26,35,37,46-49,52-55H,3-21,24,27-34,36,38-45H2,1-2H3,(H,51,56)/b23-22-,26-25-,37-35+. The van der Waals surface area contributed by atoms with E-state index in [0.29, 0.717) is 12.8 Å². The van der Waals surface area contributed by atoms with E-state index in [1.165, 1.54) is 167 Å². The highest BCUT2D eigenvalue weighted by Crippen LogP contribution is 2.15. The molecule has 0 saturated heterocycles. The minimum Gasteiger partial charge on any atom is -0.394 e.